The zero-order chi connectivity index (χ0) is 16.6. The Kier molecular flexibility index (Phi) is 3.28. The van der Waals surface area contributed by atoms with Gasteiger partial charge in [0.1, 0.15) is 11.6 Å². The first kappa shape index (κ1) is 14.3. The summed E-state index contributed by atoms with van der Waals surface area (Å²) in [5, 5.41) is 6.00. The highest BCUT2D eigenvalue weighted by molar-refractivity contribution is 7.25. The Morgan fingerprint density at radius 3 is 2.68 bits per heavy atom. The minimum absolute atomic E-state index is 0.800. The molecule has 4 heteroatoms. The Labute approximate surface area is 148 Å². The van der Waals surface area contributed by atoms with Crippen LogP contribution >= 0.6 is 11.3 Å². The monoisotopic (exact) mass is 342 g/mol. The quantitative estimate of drug-likeness (QED) is 0.409. The Bertz CT molecular complexity index is 1180. The summed E-state index contributed by atoms with van der Waals surface area (Å²) in [6, 6.07) is 22.7. The molecule has 0 amide bonds. The summed E-state index contributed by atoms with van der Waals surface area (Å²) in [4.78, 5) is 4.42. The predicted molar refractivity (Wildman–Crippen MR) is 105 cm³/mol. The molecule has 3 aromatic heterocycles. The third-order valence-corrected chi connectivity index (χ3v) is 5.35. The minimum Gasteiger partial charge on any atom is -0.464 e. The van der Waals surface area contributed by atoms with E-state index < -0.39 is 0 Å². The SMILES string of the molecule is c1coc(-c2ccnc(Nc3ccc4c(c3)sc3ccccc34)c2)c1. The highest BCUT2D eigenvalue weighted by Crippen LogP contribution is 2.35. The van der Waals surface area contributed by atoms with E-state index in [0.717, 1.165) is 22.8 Å². The van der Waals surface area contributed by atoms with Gasteiger partial charge in [0.15, 0.2) is 0 Å². The molecule has 0 aliphatic carbocycles. The van der Waals surface area contributed by atoms with Crippen molar-refractivity contribution in [3.63, 3.8) is 0 Å². The Hall–Kier alpha value is -3.11. The van der Waals surface area contributed by atoms with E-state index in [2.05, 4.69) is 52.8 Å². The van der Waals surface area contributed by atoms with Crippen molar-refractivity contribution < 1.29 is 4.42 Å². The number of nitrogens with one attached hydrogen (secondary N) is 1. The zero-order valence-electron chi connectivity index (χ0n) is 13.3. The second-order valence-corrected chi connectivity index (χ2v) is 6.92. The minimum atomic E-state index is 0.800. The van der Waals surface area contributed by atoms with Gasteiger partial charge in [-0.15, -0.1) is 11.3 Å². The molecule has 0 unspecified atom stereocenters. The van der Waals surface area contributed by atoms with E-state index in [9.17, 15) is 0 Å². The summed E-state index contributed by atoms with van der Waals surface area (Å²) in [6.45, 7) is 0. The van der Waals surface area contributed by atoms with Crippen molar-refractivity contribution in [1.82, 2.24) is 4.98 Å². The van der Waals surface area contributed by atoms with Crippen molar-refractivity contribution in [2.75, 3.05) is 5.32 Å². The maximum absolute atomic E-state index is 5.46. The third kappa shape index (κ3) is 2.57. The van der Waals surface area contributed by atoms with Crippen LogP contribution in [0.2, 0.25) is 0 Å². The molecule has 3 heterocycles. The highest BCUT2D eigenvalue weighted by Gasteiger charge is 2.07. The van der Waals surface area contributed by atoms with E-state index in [1.54, 1.807) is 12.5 Å². The van der Waals surface area contributed by atoms with Crippen LogP contribution in [0.25, 0.3) is 31.5 Å². The average molecular weight is 342 g/mol. The van der Waals surface area contributed by atoms with Gasteiger partial charge in [-0.3, -0.25) is 0 Å². The van der Waals surface area contributed by atoms with E-state index in [0.29, 0.717) is 0 Å². The molecule has 0 spiro atoms. The topological polar surface area (TPSA) is 38.1 Å². The lowest BCUT2D eigenvalue weighted by Gasteiger charge is -2.07. The van der Waals surface area contributed by atoms with Gasteiger partial charge in [0.2, 0.25) is 0 Å². The summed E-state index contributed by atoms with van der Waals surface area (Å²) < 4.78 is 8.05. The molecule has 0 fully saturated rings. The van der Waals surface area contributed by atoms with E-state index >= 15 is 0 Å². The molecule has 3 nitrogen and oxygen atoms in total. The van der Waals surface area contributed by atoms with E-state index in [1.165, 1.54) is 20.2 Å². The van der Waals surface area contributed by atoms with Gasteiger partial charge in [0.05, 0.1) is 6.26 Å². The van der Waals surface area contributed by atoms with Crippen molar-refractivity contribution in [2.45, 2.75) is 0 Å². The molecule has 0 bridgehead atoms. The fourth-order valence-electron chi connectivity index (χ4n) is 3.05. The number of nitrogens with zero attached hydrogens (tertiary/aromatic N) is 1. The second kappa shape index (κ2) is 5.76. The van der Waals surface area contributed by atoms with Crippen molar-refractivity contribution in [3.05, 3.63) is 79.2 Å². The van der Waals surface area contributed by atoms with Gasteiger partial charge in [-0.05, 0) is 42.5 Å². The first-order chi connectivity index (χ1) is 12.4. The fourth-order valence-corrected chi connectivity index (χ4v) is 4.19. The number of thiophene rings is 1. The molecular formula is C21H14N2OS. The number of furan rings is 1. The molecule has 0 radical (unpaired) electrons. The number of aromatic nitrogens is 1. The summed E-state index contributed by atoms with van der Waals surface area (Å²) in [7, 11) is 0. The van der Waals surface area contributed by atoms with Crippen LogP contribution < -0.4 is 5.32 Å². The predicted octanol–water partition coefficient (Wildman–Crippen LogP) is 6.45. The maximum Gasteiger partial charge on any atom is 0.134 e. The fraction of sp³-hybridized carbons (Fsp3) is 0. The molecule has 120 valence electrons. The molecule has 0 saturated carbocycles. The summed E-state index contributed by atoms with van der Waals surface area (Å²) >= 11 is 1.81. The molecule has 1 N–H and O–H groups in total. The second-order valence-electron chi connectivity index (χ2n) is 5.84. The number of hydrogen-bond donors (Lipinski definition) is 1. The van der Waals surface area contributed by atoms with Gasteiger partial charge in [-0.2, -0.15) is 0 Å². The largest absolute Gasteiger partial charge is 0.464 e. The Morgan fingerprint density at radius 2 is 1.76 bits per heavy atom. The molecule has 5 rings (SSSR count). The van der Waals surface area contributed by atoms with Gasteiger partial charge in [-0.25, -0.2) is 4.98 Å². The van der Waals surface area contributed by atoms with Crippen molar-refractivity contribution in [2.24, 2.45) is 0 Å². The van der Waals surface area contributed by atoms with Crippen LogP contribution in [0.5, 0.6) is 0 Å². The number of anilines is 2. The van der Waals surface area contributed by atoms with Gasteiger partial charge < -0.3 is 9.73 Å². The van der Waals surface area contributed by atoms with Gasteiger partial charge >= 0.3 is 0 Å². The zero-order valence-corrected chi connectivity index (χ0v) is 14.1. The third-order valence-electron chi connectivity index (χ3n) is 4.22. The van der Waals surface area contributed by atoms with Crippen LogP contribution in [-0.2, 0) is 0 Å². The highest BCUT2D eigenvalue weighted by atomic mass is 32.1. The standard InChI is InChI=1S/C21H14N2OS/c1-2-6-19-16(4-1)17-8-7-15(13-20(17)25-19)23-21-12-14(9-10-22-21)18-5-3-11-24-18/h1-13H,(H,22,23). The van der Waals surface area contributed by atoms with Crippen molar-refractivity contribution >= 4 is 43.0 Å². The van der Waals surface area contributed by atoms with Crippen LogP contribution in [0.15, 0.2) is 83.6 Å². The molecule has 2 aromatic carbocycles. The average Bonchev–Trinajstić information content (AvgIpc) is 3.29. The Balaban J connectivity index is 1.51. The first-order valence-corrected chi connectivity index (χ1v) is 8.87. The lowest BCUT2D eigenvalue weighted by molar-refractivity contribution is 0.582. The molecule has 0 aliphatic rings. The summed E-state index contributed by atoms with van der Waals surface area (Å²) in [5.74, 6) is 1.64. The van der Waals surface area contributed by atoms with Crippen LogP contribution in [0.1, 0.15) is 0 Å². The summed E-state index contributed by atoms with van der Waals surface area (Å²) in [6.07, 6.45) is 3.47. The van der Waals surface area contributed by atoms with E-state index in [1.807, 2.05) is 35.6 Å². The Morgan fingerprint density at radius 1 is 0.840 bits per heavy atom. The molecule has 25 heavy (non-hydrogen) atoms. The van der Waals surface area contributed by atoms with Crippen LogP contribution in [0.4, 0.5) is 11.5 Å². The maximum atomic E-state index is 5.46. The van der Waals surface area contributed by atoms with Crippen LogP contribution in [0, 0.1) is 0 Å². The van der Waals surface area contributed by atoms with Crippen molar-refractivity contribution in [3.8, 4) is 11.3 Å². The number of benzene rings is 2. The number of fused-ring (bicyclic) bond motifs is 3. The van der Waals surface area contributed by atoms with E-state index in [4.69, 9.17) is 4.42 Å². The van der Waals surface area contributed by atoms with E-state index in [-0.39, 0.29) is 0 Å². The van der Waals surface area contributed by atoms with Crippen molar-refractivity contribution in [1.29, 1.82) is 0 Å². The van der Waals surface area contributed by atoms with Gasteiger partial charge in [0, 0.05) is 37.6 Å². The number of rotatable bonds is 3. The smallest absolute Gasteiger partial charge is 0.134 e. The lowest BCUT2D eigenvalue weighted by atomic mass is 10.1. The van der Waals surface area contributed by atoms with Gasteiger partial charge in [-0.1, -0.05) is 24.3 Å². The molecular weight excluding hydrogens is 328 g/mol. The first-order valence-electron chi connectivity index (χ1n) is 8.05. The molecule has 0 saturated heterocycles. The normalized spacial score (nSPS) is 11.2. The molecule has 5 aromatic rings. The number of pyridine rings is 1. The summed E-state index contributed by atoms with van der Waals surface area (Å²) in [5.41, 5.74) is 2.04. The van der Waals surface area contributed by atoms with Gasteiger partial charge in [0.25, 0.3) is 0 Å². The number of hydrogen-bond acceptors (Lipinski definition) is 4. The van der Waals surface area contributed by atoms with Crippen LogP contribution in [0.3, 0.4) is 0 Å². The lowest BCUT2D eigenvalue weighted by Crippen LogP contribution is -1.93. The molecule has 0 aliphatic heterocycles. The van der Waals surface area contributed by atoms with Crippen LogP contribution in [-0.4, -0.2) is 4.98 Å². The molecule has 0 atom stereocenters.